The molecule has 4 aromatic rings. The summed E-state index contributed by atoms with van der Waals surface area (Å²) < 4.78 is 7.98. The summed E-state index contributed by atoms with van der Waals surface area (Å²) in [6.07, 6.45) is 5.93. The van der Waals surface area contributed by atoms with E-state index in [1.807, 2.05) is 88.5 Å². The van der Waals surface area contributed by atoms with Crippen molar-refractivity contribution in [2.24, 2.45) is 0 Å². The highest BCUT2D eigenvalue weighted by Gasteiger charge is 2.24. The molecule has 2 aliphatic rings. The van der Waals surface area contributed by atoms with Gasteiger partial charge in [-0.05, 0) is 66.7 Å². The molecule has 6 rings (SSSR count). The SMILES string of the molecule is CN1CCN(C(=O)c2cccc(/C=C/c3nn(COCC[Si](C)(C)C)c4ccc(/C=C5/C(=O)Nc6ccccc65)cc34)c2)CC1. The van der Waals surface area contributed by atoms with E-state index in [4.69, 9.17) is 9.84 Å². The van der Waals surface area contributed by atoms with Crippen molar-refractivity contribution in [2.45, 2.75) is 32.4 Å². The Kier molecular flexibility index (Phi) is 8.85. The van der Waals surface area contributed by atoms with Crippen LogP contribution in [-0.2, 0) is 16.3 Å². The second-order valence-corrected chi connectivity index (χ2v) is 18.7. The molecule has 0 saturated carbocycles. The summed E-state index contributed by atoms with van der Waals surface area (Å²) >= 11 is 0. The van der Waals surface area contributed by atoms with Gasteiger partial charge in [-0.15, -0.1) is 0 Å². The number of piperazine rings is 1. The highest BCUT2D eigenvalue weighted by Crippen LogP contribution is 2.33. The first-order chi connectivity index (χ1) is 21.6. The number of carbonyl (C=O) groups excluding carboxylic acids is 2. The molecule has 1 fully saturated rings. The molecular weight excluding hydrogens is 579 g/mol. The van der Waals surface area contributed by atoms with Crippen LogP contribution in [0.5, 0.6) is 0 Å². The first-order valence-corrected chi connectivity index (χ1v) is 19.3. The molecule has 2 amide bonds. The van der Waals surface area contributed by atoms with Gasteiger partial charge in [-0.1, -0.05) is 62.1 Å². The van der Waals surface area contributed by atoms with Crippen LogP contribution in [0.1, 0.15) is 32.7 Å². The van der Waals surface area contributed by atoms with E-state index in [1.54, 1.807) is 0 Å². The molecule has 0 atom stereocenters. The van der Waals surface area contributed by atoms with E-state index in [-0.39, 0.29) is 11.8 Å². The maximum atomic E-state index is 13.2. The summed E-state index contributed by atoms with van der Waals surface area (Å²) in [5.74, 6) is -0.0346. The normalized spacial score (nSPS) is 16.6. The van der Waals surface area contributed by atoms with Crippen LogP contribution in [0.3, 0.4) is 0 Å². The molecule has 2 aliphatic heterocycles. The summed E-state index contributed by atoms with van der Waals surface area (Å²) in [5.41, 5.74) is 6.67. The van der Waals surface area contributed by atoms with Crippen LogP contribution in [0, 0.1) is 0 Å². The average molecular weight is 620 g/mol. The fraction of sp³-hybridized carbons (Fsp3) is 0.306. The lowest BCUT2D eigenvalue weighted by Gasteiger charge is -2.32. The third kappa shape index (κ3) is 7.17. The zero-order valence-electron chi connectivity index (χ0n) is 26.5. The summed E-state index contributed by atoms with van der Waals surface area (Å²) in [6.45, 7) is 11.3. The second kappa shape index (κ2) is 13.0. The van der Waals surface area contributed by atoms with Crippen molar-refractivity contribution in [3.8, 4) is 0 Å². The number of carbonyl (C=O) groups is 2. The molecule has 3 aromatic carbocycles. The number of rotatable bonds is 9. The molecule has 1 N–H and O–H groups in total. The zero-order chi connectivity index (χ0) is 31.6. The first kappa shape index (κ1) is 30.7. The van der Waals surface area contributed by atoms with Gasteiger partial charge < -0.3 is 19.9 Å². The third-order valence-corrected chi connectivity index (χ3v) is 10.1. The van der Waals surface area contributed by atoms with Crippen molar-refractivity contribution < 1.29 is 14.3 Å². The summed E-state index contributed by atoms with van der Waals surface area (Å²) in [6, 6.07) is 22.7. The third-order valence-electron chi connectivity index (χ3n) is 8.39. The second-order valence-electron chi connectivity index (χ2n) is 13.1. The maximum absolute atomic E-state index is 13.2. The van der Waals surface area contributed by atoms with E-state index in [2.05, 4.69) is 43.0 Å². The van der Waals surface area contributed by atoms with Crippen LogP contribution < -0.4 is 5.32 Å². The highest BCUT2D eigenvalue weighted by molar-refractivity contribution is 6.76. The van der Waals surface area contributed by atoms with Gasteiger partial charge in [0.2, 0.25) is 0 Å². The minimum atomic E-state index is -1.21. The van der Waals surface area contributed by atoms with E-state index in [1.165, 1.54) is 0 Å². The Morgan fingerprint density at radius 3 is 2.56 bits per heavy atom. The van der Waals surface area contributed by atoms with E-state index in [9.17, 15) is 9.59 Å². The summed E-state index contributed by atoms with van der Waals surface area (Å²) in [7, 11) is 0.874. The lowest BCUT2D eigenvalue weighted by Crippen LogP contribution is -2.47. The van der Waals surface area contributed by atoms with Crippen LogP contribution >= 0.6 is 0 Å². The minimum Gasteiger partial charge on any atom is -0.360 e. The van der Waals surface area contributed by atoms with E-state index >= 15 is 0 Å². The molecular formula is C36H41N5O3Si. The topological polar surface area (TPSA) is 79.7 Å². The molecule has 0 radical (unpaired) electrons. The summed E-state index contributed by atoms with van der Waals surface area (Å²) in [4.78, 5) is 30.2. The number of amides is 2. The molecule has 3 heterocycles. The van der Waals surface area contributed by atoms with Crippen LogP contribution in [0.2, 0.25) is 25.7 Å². The van der Waals surface area contributed by atoms with Gasteiger partial charge in [-0.3, -0.25) is 9.59 Å². The number of anilines is 1. The lowest BCUT2D eigenvalue weighted by molar-refractivity contribution is -0.110. The van der Waals surface area contributed by atoms with E-state index in [0.717, 1.165) is 71.2 Å². The van der Waals surface area contributed by atoms with Crippen molar-refractivity contribution in [1.82, 2.24) is 19.6 Å². The maximum Gasteiger partial charge on any atom is 0.256 e. The molecule has 9 heteroatoms. The standard InChI is InChI=1S/C36H41N5O3Si/c1-39-16-18-40(19-17-39)36(43)28-9-7-8-26(22-28)12-14-33-31-24-27(23-30-29-10-5-6-11-32(29)37-35(30)42)13-15-34(31)41(38-33)25-44-20-21-45(2,3)4/h5-15,22-24H,16-21,25H2,1-4H3,(H,37,42)/b14-12+,30-23+. The quantitative estimate of drug-likeness (QED) is 0.133. The Labute approximate surface area is 266 Å². The van der Waals surface area contributed by atoms with Crippen LogP contribution in [0.4, 0.5) is 5.69 Å². The van der Waals surface area contributed by atoms with Crippen molar-refractivity contribution in [1.29, 1.82) is 0 Å². The molecule has 45 heavy (non-hydrogen) atoms. The fourth-order valence-electron chi connectivity index (χ4n) is 5.65. The van der Waals surface area contributed by atoms with Crippen molar-refractivity contribution in [3.63, 3.8) is 0 Å². The Bertz CT molecular complexity index is 1790. The van der Waals surface area contributed by atoms with E-state index < -0.39 is 8.07 Å². The van der Waals surface area contributed by atoms with Gasteiger partial charge in [0.15, 0.2) is 0 Å². The molecule has 0 spiro atoms. The van der Waals surface area contributed by atoms with Crippen molar-refractivity contribution in [3.05, 3.63) is 94.7 Å². The summed E-state index contributed by atoms with van der Waals surface area (Å²) in [5, 5.41) is 8.86. The van der Waals surface area contributed by atoms with Crippen molar-refractivity contribution >= 4 is 60.3 Å². The fourth-order valence-corrected chi connectivity index (χ4v) is 6.41. The van der Waals surface area contributed by atoms with Gasteiger partial charge in [0.25, 0.3) is 11.8 Å². The molecule has 0 unspecified atom stereocenters. The Hall–Kier alpha value is -4.31. The van der Waals surface area contributed by atoms with E-state index in [0.29, 0.717) is 24.5 Å². The van der Waals surface area contributed by atoms with Gasteiger partial charge in [0.05, 0.1) is 11.2 Å². The molecule has 232 valence electrons. The molecule has 1 aromatic heterocycles. The number of nitrogens with one attached hydrogen (secondary N) is 1. The Morgan fingerprint density at radius 2 is 1.76 bits per heavy atom. The molecule has 0 aliphatic carbocycles. The van der Waals surface area contributed by atoms with Crippen LogP contribution in [0.15, 0.2) is 66.7 Å². The highest BCUT2D eigenvalue weighted by atomic mass is 28.3. The van der Waals surface area contributed by atoms with Crippen molar-refractivity contribution in [2.75, 3.05) is 45.2 Å². The number of para-hydroxylation sites is 1. The smallest absolute Gasteiger partial charge is 0.256 e. The number of hydrogen-bond donors (Lipinski definition) is 1. The molecule has 8 nitrogen and oxygen atoms in total. The average Bonchev–Trinajstić information content (AvgIpc) is 3.53. The number of nitrogens with zero attached hydrogens (tertiary/aromatic N) is 4. The van der Waals surface area contributed by atoms with Gasteiger partial charge in [-0.2, -0.15) is 5.10 Å². The Morgan fingerprint density at radius 1 is 0.956 bits per heavy atom. The van der Waals surface area contributed by atoms with Gasteiger partial charge >= 0.3 is 0 Å². The first-order valence-electron chi connectivity index (χ1n) is 15.6. The predicted octanol–water partition coefficient (Wildman–Crippen LogP) is 6.40. The lowest BCUT2D eigenvalue weighted by atomic mass is 10.0. The molecule has 1 saturated heterocycles. The number of fused-ring (bicyclic) bond motifs is 2. The number of ether oxygens (including phenoxy) is 1. The van der Waals surface area contributed by atoms with Crippen LogP contribution in [0.25, 0.3) is 34.7 Å². The van der Waals surface area contributed by atoms with Gasteiger partial charge in [0.1, 0.15) is 6.73 Å². The molecule has 0 bridgehead atoms. The predicted molar refractivity (Wildman–Crippen MR) is 186 cm³/mol. The minimum absolute atomic E-state index is 0.0683. The van der Waals surface area contributed by atoms with Crippen LogP contribution in [-0.4, -0.2) is 79.3 Å². The zero-order valence-corrected chi connectivity index (χ0v) is 27.5. The van der Waals surface area contributed by atoms with Gasteiger partial charge in [-0.25, -0.2) is 4.68 Å². The number of likely N-dealkylation sites (N-methyl/N-ethyl adjacent to an activating group) is 1. The number of benzene rings is 3. The Balaban J connectivity index is 1.30. The monoisotopic (exact) mass is 619 g/mol. The largest absolute Gasteiger partial charge is 0.360 e. The van der Waals surface area contributed by atoms with Gasteiger partial charge in [0, 0.05) is 68.6 Å². The number of aromatic nitrogens is 2. The number of hydrogen-bond acceptors (Lipinski definition) is 5.